The molecule has 4 N–H and O–H groups in total. The average molecular weight is 304 g/mol. The zero-order valence-corrected chi connectivity index (χ0v) is 13.3. The molecule has 1 aromatic carbocycles. The number of aromatic nitrogens is 1. The number of thioether (sulfide) groups is 1. The van der Waals surface area contributed by atoms with Gasteiger partial charge < -0.3 is 10.7 Å². The van der Waals surface area contributed by atoms with Crippen LogP contribution in [0.15, 0.2) is 30.3 Å². The Morgan fingerprint density at radius 1 is 1.38 bits per heavy atom. The molecule has 0 unspecified atom stereocenters. The van der Waals surface area contributed by atoms with E-state index in [4.69, 9.17) is 5.84 Å². The number of hydrogen-bond donors (Lipinski definition) is 3. The van der Waals surface area contributed by atoms with E-state index in [2.05, 4.69) is 29.6 Å². The number of amides is 1. The fourth-order valence-corrected chi connectivity index (χ4v) is 2.08. The van der Waals surface area contributed by atoms with Crippen LogP contribution >= 0.6 is 11.8 Å². The van der Waals surface area contributed by atoms with Crippen LogP contribution in [0.4, 0.5) is 5.69 Å². The lowest BCUT2D eigenvalue weighted by Crippen LogP contribution is -2.36. The fraction of sp³-hybridized carbons (Fsp3) is 0.333. The normalized spacial score (nSPS) is 11.4. The number of pyridine rings is 1. The second-order valence-electron chi connectivity index (χ2n) is 5.36. The number of nitrogen functional groups attached to an aromatic ring is 1. The third-order valence-corrected chi connectivity index (χ3v) is 4.58. The second kappa shape index (κ2) is 6.32. The number of para-hydroxylation sites is 1. The van der Waals surface area contributed by atoms with Gasteiger partial charge in [0.25, 0.3) is 5.91 Å². The van der Waals surface area contributed by atoms with Gasteiger partial charge in [-0.1, -0.05) is 18.2 Å². The van der Waals surface area contributed by atoms with Crippen LogP contribution in [0.25, 0.3) is 10.9 Å². The summed E-state index contributed by atoms with van der Waals surface area (Å²) < 4.78 is -0.0124. The number of fused-ring (bicyclic) bond motifs is 1. The van der Waals surface area contributed by atoms with Gasteiger partial charge in [-0.05, 0) is 32.2 Å². The lowest BCUT2D eigenvalue weighted by Gasteiger charge is -2.22. The number of benzene rings is 1. The van der Waals surface area contributed by atoms with Gasteiger partial charge in [-0.2, -0.15) is 11.8 Å². The molecule has 112 valence electrons. The van der Waals surface area contributed by atoms with Crippen LogP contribution in [0.2, 0.25) is 0 Å². The highest BCUT2D eigenvalue weighted by Gasteiger charge is 2.18. The van der Waals surface area contributed by atoms with Crippen molar-refractivity contribution in [2.75, 3.05) is 18.2 Å². The Morgan fingerprint density at radius 3 is 2.76 bits per heavy atom. The number of rotatable bonds is 5. The van der Waals surface area contributed by atoms with Crippen LogP contribution in [-0.2, 0) is 0 Å². The van der Waals surface area contributed by atoms with Gasteiger partial charge in [-0.25, -0.2) is 4.98 Å². The number of carbonyl (C=O) groups excluding carboxylic acids is 1. The topological polar surface area (TPSA) is 80.0 Å². The molecule has 1 heterocycles. The van der Waals surface area contributed by atoms with Gasteiger partial charge in [0.2, 0.25) is 0 Å². The van der Waals surface area contributed by atoms with Crippen LogP contribution in [0.3, 0.4) is 0 Å². The fourth-order valence-electron chi connectivity index (χ4n) is 1.87. The third-order valence-electron chi connectivity index (χ3n) is 3.33. The zero-order valence-electron chi connectivity index (χ0n) is 12.4. The van der Waals surface area contributed by atoms with Crippen molar-refractivity contribution in [1.82, 2.24) is 10.3 Å². The van der Waals surface area contributed by atoms with Crippen molar-refractivity contribution < 1.29 is 4.79 Å². The smallest absolute Gasteiger partial charge is 0.270 e. The van der Waals surface area contributed by atoms with E-state index in [0.717, 1.165) is 10.9 Å². The average Bonchev–Trinajstić information content (AvgIpc) is 2.51. The molecule has 0 aliphatic carbocycles. The number of nitrogens with one attached hydrogen (secondary N) is 2. The zero-order chi connectivity index (χ0) is 15.5. The van der Waals surface area contributed by atoms with E-state index in [1.165, 1.54) is 0 Å². The largest absolute Gasteiger partial charge is 0.349 e. The SMILES string of the molecule is CSC(C)(C)CNC(=O)c1cc(NN)c2ccccc2n1. The Balaban J connectivity index is 2.27. The van der Waals surface area contributed by atoms with E-state index in [-0.39, 0.29) is 10.7 Å². The first-order chi connectivity index (χ1) is 9.96. The molecule has 1 amide bonds. The van der Waals surface area contributed by atoms with Gasteiger partial charge in [0.15, 0.2) is 0 Å². The predicted octanol–water partition coefficient (Wildman–Crippen LogP) is 2.39. The summed E-state index contributed by atoms with van der Waals surface area (Å²) >= 11 is 1.71. The molecule has 6 heteroatoms. The molecular weight excluding hydrogens is 284 g/mol. The summed E-state index contributed by atoms with van der Waals surface area (Å²) in [6.45, 7) is 4.74. The molecule has 0 aliphatic heterocycles. The first-order valence-electron chi connectivity index (χ1n) is 6.66. The first-order valence-corrected chi connectivity index (χ1v) is 7.89. The number of carbonyl (C=O) groups is 1. The van der Waals surface area contributed by atoms with Gasteiger partial charge in [0.1, 0.15) is 5.69 Å². The van der Waals surface area contributed by atoms with Gasteiger partial charge >= 0.3 is 0 Å². The van der Waals surface area contributed by atoms with Crippen molar-refractivity contribution in [3.63, 3.8) is 0 Å². The maximum absolute atomic E-state index is 12.3. The van der Waals surface area contributed by atoms with Crippen molar-refractivity contribution in [1.29, 1.82) is 0 Å². The quantitative estimate of drug-likeness (QED) is 0.584. The Bertz CT molecular complexity index is 657. The minimum atomic E-state index is -0.195. The summed E-state index contributed by atoms with van der Waals surface area (Å²) in [5.41, 5.74) is 4.41. The van der Waals surface area contributed by atoms with E-state index in [9.17, 15) is 4.79 Å². The highest BCUT2D eigenvalue weighted by molar-refractivity contribution is 7.99. The molecule has 0 fully saturated rings. The van der Waals surface area contributed by atoms with Gasteiger partial charge in [-0.15, -0.1) is 0 Å². The Hall–Kier alpha value is -1.79. The minimum Gasteiger partial charge on any atom is -0.349 e. The van der Waals surface area contributed by atoms with Crippen LogP contribution < -0.4 is 16.6 Å². The second-order valence-corrected chi connectivity index (χ2v) is 6.88. The Labute approximate surface area is 128 Å². The van der Waals surface area contributed by atoms with E-state index >= 15 is 0 Å². The summed E-state index contributed by atoms with van der Waals surface area (Å²) in [6, 6.07) is 9.23. The Kier molecular flexibility index (Phi) is 4.69. The molecular formula is C15H20N4OS. The summed E-state index contributed by atoms with van der Waals surface area (Å²) in [5, 5.41) is 3.81. The number of anilines is 1. The number of hydrazine groups is 1. The van der Waals surface area contributed by atoms with E-state index < -0.39 is 0 Å². The summed E-state index contributed by atoms with van der Waals surface area (Å²) in [7, 11) is 0. The number of nitrogens with zero attached hydrogens (tertiary/aromatic N) is 1. The lowest BCUT2D eigenvalue weighted by molar-refractivity contribution is 0.0946. The van der Waals surface area contributed by atoms with E-state index in [1.807, 2.05) is 30.5 Å². The van der Waals surface area contributed by atoms with E-state index in [1.54, 1.807) is 17.8 Å². The molecule has 0 saturated carbocycles. The molecule has 1 aromatic heterocycles. The summed E-state index contributed by atoms with van der Waals surface area (Å²) in [4.78, 5) is 16.7. The molecule has 21 heavy (non-hydrogen) atoms. The van der Waals surface area contributed by atoms with Crippen molar-refractivity contribution in [3.05, 3.63) is 36.0 Å². The van der Waals surface area contributed by atoms with Gasteiger partial charge in [-0.3, -0.25) is 10.6 Å². The summed E-state index contributed by atoms with van der Waals surface area (Å²) in [6.07, 6.45) is 2.02. The highest BCUT2D eigenvalue weighted by atomic mass is 32.2. The molecule has 5 nitrogen and oxygen atoms in total. The molecule has 0 saturated heterocycles. The van der Waals surface area contributed by atoms with Crippen molar-refractivity contribution in [3.8, 4) is 0 Å². The summed E-state index contributed by atoms with van der Waals surface area (Å²) in [5.74, 6) is 5.34. The van der Waals surface area contributed by atoms with Gasteiger partial charge in [0.05, 0.1) is 11.2 Å². The molecule has 0 spiro atoms. The Morgan fingerprint density at radius 2 is 2.10 bits per heavy atom. The van der Waals surface area contributed by atoms with Crippen molar-refractivity contribution in [2.45, 2.75) is 18.6 Å². The monoisotopic (exact) mass is 304 g/mol. The van der Waals surface area contributed by atoms with Crippen LogP contribution in [0.1, 0.15) is 24.3 Å². The molecule has 2 aromatic rings. The third kappa shape index (κ3) is 3.65. The molecule has 0 bridgehead atoms. The first kappa shape index (κ1) is 15.6. The maximum atomic E-state index is 12.3. The molecule has 0 atom stereocenters. The maximum Gasteiger partial charge on any atom is 0.270 e. The van der Waals surface area contributed by atoms with Crippen molar-refractivity contribution in [2.24, 2.45) is 5.84 Å². The predicted molar refractivity (Wildman–Crippen MR) is 89.5 cm³/mol. The standard InChI is InChI=1S/C15H20N4OS/c1-15(2,21-3)9-17-14(20)13-8-12(19-16)10-6-4-5-7-11(10)18-13/h4-8H,9,16H2,1-3H3,(H,17,20)(H,18,19). The minimum absolute atomic E-state index is 0.0124. The molecule has 0 aliphatic rings. The lowest BCUT2D eigenvalue weighted by atomic mass is 10.1. The highest BCUT2D eigenvalue weighted by Crippen LogP contribution is 2.23. The van der Waals surface area contributed by atoms with E-state index in [0.29, 0.717) is 17.9 Å². The van der Waals surface area contributed by atoms with Crippen LogP contribution in [0, 0.1) is 0 Å². The number of hydrogen-bond acceptors (Lipinski definition) is 5. The molecule has 2 rings (SSSR count). The number of nitrogens with two attached hydrogens (primary N) is 1. The van der Waals surface area contributed by atoms with Gasteiger partial charge in [0, 0.05) is 16.7 Å². The molecule has 0 radical (unpaired) electrons. The van der Waals surface area contributed by atoms with Crippen LogP contribution in [0.5, 0.6) is 0 Å². The van der Waals surface area contributed by atoms with Crippen LogP contribution in [-0.4, -0.2) is 28.4 Å². The van der Waals surface area contributed by atoms with Crippen molar-refractivity contribution >= 4 is 34.3 Å².